The van der Waals surface area contributed by atoms with Gasteiger partial charge in [-0.05, 0) is 73.2 Å². The lowest BCUT2D eigenvalue weighted by Crippen LogP contribution is -2.34. The van der Waals surface area contributed by atoms with Crippen molar-refractivity contribution < 1.29 is 22.7 Å². The summed E-state index contributed by atoms with van der Waals surface area (Å²) in [6.45, 7) is 8.99. The molecule has 1 aromatic heterocycles. The molecule has 0 bridgehead atoms. The van der Waals surface area contributed by atoms with E-state index in [9.17, 15) is 18.0 Å². The van der Waals surface area contributed by atoms with Crippen LogP contribution in [-0.4, -0.2) is 50.7 Å². The van der Waals surface area contributed by atoms with Gasteiger partial charge in [0.2, 0.25) is 0 Å². The van der Waals surface area contributed by atoms with E-state index in [1.54, 1.807) is 11.8 Å². The zero-order valence-electron chi connectivity index (χ0n) is 24.8. The smallest absolute Gasteiger partial charge is 0.406 e. The summed E-state index contributed by atoms with van der Waals surface area (Å²) in [7, 11) is 0. The van der Waals surface area contributed by atoms with Crippen LogP contribution in [0.2, 0.25) is 0 Å². The fourth-order valence-corrected chi connectivity index (χ4v) is 5.99. The Hall–Kier alpha value is -4.32. The molecule has 1 aliphatic heterocycles. The number of aliphatic imine (C=N–C) groups is 1. The minimum absolute atomic E-state index is 0.226. The van der Waals surface area contributed by atoms with Gasteiger partial charge >= 0.3 is 12.4 Å². The molecule has 12 heteroatoms. The summed E-state index contributed by atoms with van der Waals surface area (Å²) in [6.07, 6.45) is -2.63. The topological polar surface area (TPSA) is 84.6 Å². The Labute approximate surface area is 258 Å². The van der Waals surface area contributed by atoms with Crippen LogP contribution >= 0.6 is 11.8 Å². The Morgan fingerprint density at radius 2 is 1.84 bits per heavy atom. The number of carbonyl (C=O) groups is 1. The van der Waals surface area contributed by atoms with Gasteiger partial charge in [-0.15, -0.1) is 18.3 Å². The lowest BCUT2D eigenvalue weighted by Gasteiger charge is -2.27. The van der Waals surface area contributed by atoms with E-state index in [4.69, 9.17) is 0 Å². The molecular weight excluding hydrogens is 589 g/mol. The summed E-state index contributed by atoms with van der Waals surface area (Å²) >= 11 is 1.60. The van der Waals surface area contributed by atoms with Gasteiger partial charge in [0, 0.05) is 29.6 Å². The number of thioether (sulfide) groups is 1. The van der Waals surface area contributed by atoms with Gasteiger partial charge in [-0.2, -0.15) is 4.99 Å². The summed E-state index contributed by atoms with van der Waals surface area (Å²) in [6, 6.07) is 19.4. The molecule has 0 spiro atoms. The van der Waals surface area contributed by atoms with Crippen LogP contribution in [0.3, 0.4) is 0 Å². The predicted octanol–water partition coefficient (Wildman–Crippen LogP) is 7.51. The summed E-state index contributed by atoms with van der Waals surface area (Å²) in [5.74, 6) is 1.37. The third-order valence-corrected chi connectivity index (χ3v) is 8.29. The molecule has 44 heavy (non-hydrogen) atoms. The monoisotopic (exact) mass is 622 g/mol. The van der Waals surface area contributed by atoms with Crippen molar-refractivity contribution in [3.05, 3.63) is 89.7 Å². The molecule has 1 N–H and O–H groups in total. The van der Waals surface area contributed by atoms with Gasteiger partial charge < -0.3 is 15.0 Å². The second kappa shape index (κ2) is 13.1. The number of urea groups is 1. The first-order chi connectivity index (χ1) is 21.0. The molecule has 0 aliphatic carbocycles. The van der Waals surface area contributed by atoms with Crippen molar-refractivity contribution in [2.24, 2.45) is 4.99 Å². The number of alkyl halides is 3. The van der Waals surface area contributed by atoms with Gasteiger partial charge in [-0.3, -0.25) is 0 Å². The minimum atomic E-state index is -4.75. The van der Waals surface area contributed by atoms with Crippen LogP contribution in [0, 0.1) is 6.92 Å². The Bertz CT molecular complexity index is 1640. The van der Waals surface area contributed by atoms with Crippen molar-refractivity contribution in [3.63, 3.8) is 0 Å². The van der Waals surface area contributed by atoms with E-state index in [0.717, 1.165) is 22.6 Å². The highest BCUT2D eigenvalue weighted by atomic mass is 32.2. The minimum Gasteiger partial charge on any atom is -0.406 e. The number of nitrogens with one attached hydrogen (secondary N) is 1. The van der Waals surface area contributed by atoms with E-state index in [2.05, 4.69) is 75.9 Å². The number of hydrogen-bond donors (Lipinski definition) is 1. The third kappa shape index (κ3) is 7.60. The lowest BCUT2D eigenvalue weighted by molar-refractivity contribution is -0.274. The molecule has 3 aromatic carbocycles. The summed E-state index contributed by atoms with van der Waals surface area (Å²) in [5.41, 5.74) is 5.86. The third-order valence-electron chi connectivity index (χ3n) is 7.09. The quantitative estimate of drug-likeness (QED) is 0.219. The number of benzene rings is 3. The molecule has 2 amide bonds. The van der Waals surface area contributed by atoms with Crippen LogP contribution in [0.1, 0.15) is 43.4 Å². The van der Waals surface area contributed by atoms with Crippen molar-refractivity contribution in [1.82, 2.24) is 20.1 Å². The van der Waals surface area contributed by atoms with Crippen LogP contribution in [0.4, 0.5) is 23.7 Å². The fraction of sp³-hybridized carbons (Fsp3) is 0.312. The summed E-state index contributed by atoms with van der Waals surface area (Å²) in [4.78, 5) is 23.7. The lowest BCUT2D eigenvalue weighted by atomic mass is 9.98. The average Bonchev–Trinajstić information content (AvgIpc) is 3.60. The molecule has 1 unspecified atom stereocenters. The molecular formula is C32H33F3N6O2S. The van der Waals surface area contributed by atoms with Gasteiger partial charge in [0.25, 0.3) is 0 Å². The van der Waals surface area contributed by atoms with Crippen molar-refractivity contribution in [3.8, 4) is 22.8 Å². The van der Waals surface area contributed by atoms with Crippen LogP contribution in [0.25, 0.3) is 17.1 Å². The number of aromatic nitrogens is 3. The van der Waals surface area contributed by atoms with Gasteiger partial charge in [-0.25, -0.2) is 14.5 Å². The highest BCUT2D eigenvalue weighted by Crippen LogP contribution is 2.36. The van der Waals surface area contributed by atoms with E-state index in [0.29, 0.717) is 35.6 Å². The summed E-state index contributed by atoms with van der Waals surface area (Å²) in [5, 5.41) is 8.06. The van der Waals surface area contributed by atoms with Crippen LogP contribution in [0.5, 0.6) is 5.75 Å². The molecule has 5 rings (SSSR count). The van der Waals surface area contributed by atoms with Gasteiger partial charge in [-0.1, -0.05) is 62.0 Å². The van der Waals surface area contributed by atoms with Gasteiger partial charge in [0.1, 0.15) is 12.1 Å². The number of hydrogen-bond acceptors (Lipinski definition) is 5. The highest BCUT2D eigenvalue weighted by Gasteiger charge is 2.32. The average molecular weight is 623 g/mol. The number of aryl methyl sites for hydroxylation is 1. The van der Waals surface area contributed by atoms with Crippen LogP contribution in [-0.2, 0) is 6.42 Å². The Balaban J connectivity index is 1.17. The molecule has 1 atom stereocenters. The van der Waals surface area contributed by atoms with Crippen molar-refractivity contribution >= 4 is 28.6 Å². The maximum absolute atomic E-state index is 12.8. The molecule has 4 aromatic rings. The Kier molecular flexibility index (Phi) is 9.28. The molecule has 2 heterocycles. The fourth-order valence-electron chi connectivity index (χ4n) is 4.89. The highest BCUT2D eigenvalue weighted by molar-refractivity contribution is 8.14. The zero-order valence-corrected chi connectivity index (χ0v) is 25.6. The van der Waals surface area contributed by atoms with Crippen LogP contribution in [0.15, 0.2) is 78.0 Å². The Morgan fingerprint density at radius 3 is 2.52 bits per heavy atom. The zero-order chi connectivity index (χ0) is 31.4. The van der Waals surface area contributed by atoms with E-state index in [-0.39, 0.29) is 17.8 Å². The SMILES string of the molecule is Cc1ccc(C(C)C)c(N2/C(=N/C(=O)NCCc3ccc(-c4ncn(-c5ccc(OC(F)(F)F)cc5)n4)cc3)SCC2C)c1. The van der Waals surface area contributed by atoms with E-state index in [1.807, 2.05) is 24.3 Å². The maximum atomic E-state index is 12.8. The van der Waals surface area contributed by atoms with Crippen molar-refractivity contribution in [1.29, 1.82) is 0 Å². The van der Waals surface area contributed by atoms with E-state index >= 15 is 0 Å². The molecule has 1 saturated heterocycles. The largest absolute Gasteiger partial charge is 0.573 e. The molecule has 0 saturated carbocycles. The number of amidine groups is 1. The number of anilines is 1. The maximum Gasteiger partial charge on any atom is 0.573 e. The van der Waals surface area contributed by atoms with Crippen LogP contribution < -0.4 is 15.0 Å². The first kappa shape index (κ1) is 31.1. The number of nitrogens with zero attached hydrogens (tertiary/aromatic N) is 5. The van der Waals surface area contributed by atoms with Crippen molar-refractivity contribution in [2.75, 3.05) is 17.2 Å². The number of amides is 2. The molecule has 230 valence electrons. The first-order valence-corrected chi connectivity index (χ1v) is 15.2. The number of halogens is 3. The van der Waals surface area contributed by atoms with Gasteiger partial charge in [0.15, 0.2) is 11.0 Å². The number of ether oxygens (including phenoxy) is 1. The van der Waals surface area contributed by atoms with E-state index < -0.39 is 6.36 Å². The number of carbonyl (C=O) groups excluding carboxylic acids is 1. The van der Waals surface area contributed by atoms with Gasteiger partial charge in [0.05, 0.1) is 5.69 Å². The second-order valence-corrected chi connectivity index (χ2v) is 11.9. The normalized spacial score (nSPS) is 16.1. The first-order valence-electron chi connectivity index (χ1n) is 14.2. The molecule has 8 nitrogen and oxygen atoms in total. The molecule has 1 aliphatic rings. The van der Waals surface area contributed by atoms with Crippen molar-refractivity contribution in [2.45, 2.75) is 52.4 Å². The summed E-state index contributed by atoms with van der Waals surface area (Å²) < 4.78 is 42.6. The Morgan fingerprint density at radius 1 is 1.11 bits per heavy atom. The molecule has 1 fully saturated rings. The number of rotatable bonds is 8. The predicted molar refractivity (Wildman–Crippen MR) is 168 cm³/mol. The molecule has 0 radical (unpaired) electrons. The standard InChI is InChI=1S/C32H33F3N6O2S/c1-20(2)27-14-5-21(3)17-28(27)41-22(4)18-44-31(41)38-30(42)36-16-15-23-6-8-24(9-7-23)29-37-19-40(39-29)25-10-12-26(13-11-25)43-32(33,34)35/h5-14,17,19-20,22H,15-16,18H2,1-4H3,(H,36,42)/b38-31-. The van der Waals surface area contributed by atoms with E-state index in [1.165, 1.54) is 46.4 Å². The second-order valence-electron chi connectivity index (χ2n) is 10.9.